The molecule has 32 heavy (non-hydrogen) atoms. The van der Waals surface area contributed by atoms with Gasteiger partial charge in [-0.15, -0.1) is 0 Å². The summed E-state index contributed by atoms with van der Waals surface area (Å²) in [5.74, 6) is 1.16. The average molecular weight is 434 g/mol. The molecule has 1 aromatic carbocycles. The van der Waals surface area contributed by atoms with Crippen LogP contribution in [0.15, 0.2) is 42.7 Å². The van der Waals surface area contributed by atoms with Gasteiger partial charge in [-0.3, -0.25) is 4.98 Å². The summed E-state index contributed by atoms with van der Waals surface area (Å²) in [6.45, 7) is 5.56. The second-order valence-electron chi connectivity index (χ2n) is 8.25. The number of hydrogen-bond donors (Lipinski definition) is 2. The zero-order valence-electron chi connectivity index (χ0n) is 17.9. The molecule has 0 spiro atoms. The van der Waals surface area contributed by atoms with Crippen molar-refractivity contribution in [3.05, 3.63) is 42.7 Å². The highest BCUT2D eigenvalue weighted by Gasteiger charge is 2.26. The lowest BCUT2D eigenvalue weighted by Crippen LogP contribution is -2.36. The molecule has 0 aliphatic carbocycles. The summed E-state index contributed by atoms with van der Waals surface area (Å²) in [5.41, 5.74) is 9.96. The molecule has 9 nitrogen and oxygen atoms in total. The van der Waals surface area contributed by atoms with Gasteiger partial charge in [0.1, 0.15) is 5.52 Å². The zero-order valence-corrected chi connectivity index (χ0v) is 17.9. The first-order valence-corrected chi connectivity index (χ1v) is 11.0. The Morgan fingerprint density at radius 2 is 1.88 bits per heavy atom. The van der Waals surface area contributed by atoms with Crippen molar-refractivity contribution in [2.24, 2.45) is 11.7 Å². The van der Waals surface area contributed by atoms with Crippen molar-refractivity contribution in [2.75, 3.05) is 55.7 Å². The highest BCUT2D eigenvalue weighted by atomic mass is 16.5. The summed E-state index contributed by atoms with van der Waals surface area (Å²) < 4.78 is 5.46. The van der Waals surface area contributed by atoms with Crippen LogP contribution < -0.4 is 20.9 Å². The van der Waals surface area contributed by atoms with Crippen molar-refractivity contribution in [3.63, 3.8) is 0 Å². The Hall–Kier alpha value is -3.46. The lowest BCUT2D eigenvalue weighted by Gasteiger charge is -2.29. The lowest BCUT2D eigenvalue weighted by atomic mass is 10.1. The number of anilines is 2. The molecule has 2 aliphatic rings. The van der Waals surface area contributed by atoms with Gasteiger partial charge in [-0.25, -0.2) is 14.8 Å². The second kappa shape index (κ2) is 8.96. The second-order valence-corrected chi connectivity index (χ2v) is 8.25. The summed E-state index contributed by atoms with van der Waals surface area (Å²) in [6, 6.07) is 10.0. The lowest BCUT2D eigenvalue weighted by molar-refractivity contribution is 0.122. The van der Waals surface area contributed by atoms with Crippen LogP contribution in [-0.2, 0) is 4.74 Å². The Balaban J connectivity index is 1.43. The number of rotatable bonds is 5. The third kappa shape index (κ3) is 4.29. The van der Waals surface area contributed by atoms with Crippen molar-refractivity contribution in [1.82, 2.24) is 20.3 Å². The summed E-state index contributed by atoms with van der Waals surface area (Å²) in [5, 5.41) is 2.72. The van der Waals surface area contributed by atoms with Crippen LogP contribution in [0.3, 0.4) is 0 Å². The van der Waals surface area contributed by atoms with E-state index in [0.29, 0.717) is 12.5 Å². The van der Waals surface area contributed by atoms with Gasteiger partial charge in [0.2, 0.25) is 0 Å². The topological polar surface area (TPSA) is 110 Å². The van der Waals surface area contributed by atoms with Gasteiger partial charge in [0, 0.05) is 56.4 Å². The molecular weight excluding hydrogens is 406 g/mol. The number of morpholine rings is 1. The predicted octanol–water partition coefficient (Wildman–Crippen LogP) is 2.02. The van der Waals surface area contributed by atoms with Gasteiger partial charge in [-0.2, -0.15) is 0 Å². The van der Waals surface area contributed by atoms with Crippen molar-refractivity contribution in [2.45, 2.75) is 6.42 Å². The number of hydrogen-bond acceptors (Lipinski definition) is 7. The predicted molar refractivity (Wildman–Crippen MR) is 124 cm³/mol. The maximum absolute atomic E-state index is 11.1. The Morgan fingerprint density at radius 1 is 1.09 bits per heavy atom. The number of nitrogens with zero attached hydrogens (tertiary/aromatic N) is 5. The van der Waals surface area contributed by atoms with Crippen LogP contribution in [0.1, 0.15) is 6.42 Å². The molecule has 2 aliphatic heterocycles. The van der Waals surface area contributed by atoms with Crippen LogP contribution in [-0.4, -0.2) is 66.9 Å². The third-order valence-corrected chi connectivity index (χ3v) is 6.13. The van der Waals surface area contributed by atoms with Crippen molar-refractivity contribution < 1.29 is 9.53 Å². The number of urea groups is 1. The first-order valence-electron chi connectivity index (χ1n) is 11.0. The van der Waals surface area contributed by atoms with Crippen LogP contribution >= 0.6 is 0 Å². The Kier molecular flexibility index (Phi) is 5.72. The standard InChI is InChI=1S/C23H27N7O2/c24-23(31)27-14-16-5-8-30(15-16)22-21-20(25-6-7-26-21)13-19(28-22)17-1-3-18(4-2-17)29-9-11-32-12-10-29/h1-4,6-7,13,16H,5,8-12,14-15H2,(H3,24,27,31)/t16-/m1/s1. The molecule has 5 rings (SSSR count). The minimum atomic E-state index is -0.486. The quantitative estimate of drug-likeness (QED) is 0.633. The number of carbonyl (C=O) groups is 1. The Labute approximate surface area is 186 Å². The maximum atomic E-state index is 11.1. The first-order chi connectivity index (χ1) is 15.7. The van der Waals surface area contributed by atoms with E-state index in [0.717, 1.165) is 73.9 Å². The number of nitrogens with one attached hydrogen (secondary N) is 1. The molecule has 2 aromatic heterocycles. The summed E-state index contributed by atoms with van der Waals surface area (Å²) in [4.78, 5) is 29.7. The fourth-order valence-electron chi connectivity index (χ4n) is 4.43. The molecule has 9 heteroatoms. The highest BCUT2D eigenvalue weighted by Crippen LogP contribution is 2.31. The third-order valence-electron chi connectivity index (χ3n) is 6.13. The van der Waals surface area contributed by atoms with Gasteiger partial charge in [0.05, 0.1) is 24.4 Å². The van der Waals surface area contributed by atoms with Gasteiger partial charge in [-0.05, 0) is 30.5 Å². The van der Waals surface area contributed by atoms with Crippen molar-refractivity contribution in [3.8, 4) is 11.3 Å². The van der Waals surface area contributed by atoms with Gasteiger partial charge >= 0.3 is 6.03 Å². The largest absolute Gasteiger partial charge is 0.378 e. The number of primary amides is 1. The molecule has 0 unspecified atom stereocenters. The van der Waals surface area contributed by atoms with E-state index in [2.05, 4.69) is 49.4 Å². The number of nitrogens with two attached hydrogens (primary N) is 1. The van der Waals surface area contributed by atoms with E-state index < -0.39 is 6.03 Å². The summed E-state index contributed by atoms with van der Waals surface area (Å²) in [7, 11) is 0. The van der Waals surface area contributed by atoms with Crippen molar-refractivity contribution in [1.29, 1.82) is 0 Å². The first kappa shape index (κ1) is 20.4. The molecule has 1 atom stereocenters. The van der Waals surface area contributed by atoms with E-state index >= 15 is 0 Å². The van der Waals surface area contributed by atoms with Crippen LogP contribution in [0.2, 0.25) is 0 Å². The Bertz CT molecular complexity index is 1100. The van der Waals surface area contributed by atoms with E-state index in [-0.39, 0.29) is 0 Å². The van der Waals surface area contributed by atoms with Crippen LogP contribution in [0, 0.1) is 5.92 Å². The van der Waals surface area contributed by atoms with Gasteiger partial charge < -0.3 is 25.6 Å². The fourth-order valence-corrected chi connectivity index (χ4v) is 4.43. The minimum Gasteiger partial charge on any atom is -0.378 e. The van der Waals surface area contributed by atoms with E-state index in [1.165, 1.54) is 5.69 Å². The number of ether oxygens (including phenoxy) is 1. The van der Waals surface area contributed by atoms with Gasteiger partial charge in [0.25, 0.3) is 0 Å². The number of aromatic nitrogens is 3. The molecular formula is C23H27N7O2. The number of amides is 2. The Morgan fingerprint density at radius 3 is 2.66 bits per heavy atom. The van der Waals surface area contributed by atoms with E-state index in [4.69, 9.17) is 15.5 Å². The fraction of sp³-hybridized carbons (Fsp3) is 0.391. The van der Waals surface area contributed by atoms with E-state index in [9.17, 15) is 4.79 Å². The molecule has 166 valence electrons. The van der Waals surface area contributed by atoms with Crippen LogP contribution in [0.4, 0.5) is 16.3 Å². The van der Waals surface area contributed by atoms with Gasteiger partial charge in [0.15, 0.2) is 5.82 Å². The smallest absolute Gasteiger partial charge is 0.312 e. The zero-order chi connectivity index (χ0) is 21.9. The molecule has 4 heterocycles. The number of carbonyl (C=O) groups excluding carboxylic acids is 1. The summed E-state index contributed by atoms with van der Waals surface area (Å²) >= 11 is 0. The number of benzene rings is 1. The van der Waals surface area contributed by atoms with Crippen LogP contribution in [0.25, 0.3) is 22.3 Å². The maximum Gasteiger partial charge on any atom is 0.312 e. The van der Waals surface area contributed by atoms with E-state index in [1.807, 2.05) is 6.07 Å². The summed E-state index contributed by atoms with van der Waals surface area (Å²) in [6.07, 6.45) is 4.37. The SMILES string of the molecule is NC(=O)NC[C@H]1CCN(c2nc(-c3ccc(N4CCOCC4)cc3)cc3nccnc23)C1. The monoisotopic (exact) mass is 433 g/mol. The van der Waals surface area contributed by atoms with Gasteiger partial charge in [-0.1, -0.05) is 12.1 Å². The number of fused-ring (bicyclic) bond motifs is 1. The van der Waals surface area contributed by atoms with Crippen molar-refractivity contribution >= 4 is 28.6 Å². The molecule has 2 amide bonds. The van der Waals surface area contributed by atoms with Crippen LogP contribution in [0.5, 0.6) is 0 Å². The molecule has 0 saturated carbocycles. The average Bonchev–Trinajstić information content (AvgIpc) is 3.32. The molecule has 2 saturated heterocycles. The highest BCUT2D eigenvalue weighted by molar-refractivity contribution is 5.89. The molecule has 0 radical (unpaired) electrons. The normalized spacial score (nSPS) is 18.8. The molecule has 2 fully saturated rings. The molecule has 3 aromatic rings. The molecule has 3 N–H and O–H groups in total. The van der Waals surface area contributed by atoms with E-state index in [1.54, 1.807) is 12.4 Å². The minimum absolute atomic E-state index is 0.326. The number of pyridine rings is 1. The molecule has 0 bridgehead atoms.